The van der Waals surface area contributed by atoms with Crippen LogP contribution in [0.25, 0.3) is 0 Å². The normalized spacial score (nSPS) is 20.5. The molecule has 2 fully saturated rings. The van der Waals surface area contributed by atoms with Gasteiger partial charge in [0, 0.05) is 37.3 Å². The molecule has 2 aromatic heterocycles. The third-order valence-electron chi connectivity index (χ3n) is 5.43. The van der Waals surface area contributed by atoms with Crippen molar-refractivity contribution in [3.8, 4) is 0 Å². The highest BCUT2D eigenvalue weighted by molar-refractivity contribution is 5.79. The van der Waals surface area contributed by atoms with Gasteiger partial charge in [-0.15, -0.1) is 0 Å². The second-order valence-electron chi connectivity index (χ2n) is 7.40. The van der Waals surface area contributed by atoms with Crippen molar-refractivity contribution in [2.24, 2.45) is 5.92 Å². The summed E-state index contributed by atoms with van der Waals surface area (Å²) in [4.78, 5) is 28.0. The number of aryl methyl sites for hydroxylation is 1. The van der Waals surface area contributed by atoms with E-state index in [0.717, 1.165) is 55.8 Å². The molecule has 3 heterocycles. The lowest BCUT2D eigenvalue weighted by Gasteiger charge is -2.37. The molecule has 1 aliphatic heterocycles. The molecule has 1 N–H and O–H groups in total. The maximum absolute atomic E-state index is 12.6. The van der Waals surface area contributed by atoms with Crippen LogP contribution in [-0.2, 0) is 4.79 Å². The van der Waals surface area contributed by atoms with Crippen LogP contribution in [0, 0.1) is 12.8 Å². The van der Waals surface area contributed by atoms with E-state index >= 15 is 0 Å². The van der Waals surface area contributed by atoms with Crippen molar-refractivity contribution in [2.45, 2.75) is 44.9 Å². The fourth-order valence-electron chi connectivity index (χ4n) is 3.65. The summed E-state index contributed by atoms with van der Waals surface area (Å²) in [6, 6.07) is 5.89. The van der Waals surface area contributed by atoms with Crippen molar-refractivity contribution in [1.29, 1.82) is 0 Å². The SMILES string of the molecule is Cc1ccc(Nc2nccc([C@@H]3CCCN(C(=O)C4CCC4)C3)n2)nc1. The molecular formula is C20H25N5O. The smallest absolute Gasteiger partial charge is 0.228 e. The lowest BCUT2D eigenvalue weighted by atomic mass is 9.83. The minimum Gasteiger partial charge on any atom is -0.342 e. The number of carbonyl (C=O) groups excluding carboxylic acids is 1. The number of hydrogen-bond donors (Lipinski definition) is 1. The van der Waals surface area contributed by atoms with Crippen LogP contribution < -0.4 is 5.32 Å². The first-order valence-corrected chi connectivity index (χ1v) is 9.50. The third kappa shape index (κ3) is 3.69. The molecule has 2 aromatic rings. The van der Waals surface area contributed by atoms with E-state index in [1.165, 1.54) is 6.42 Å². The van der Waals surface area contributed by atoms with E-state index in [9.17, 15) is 4.79 Å². The minimum atomic E-state index is 0.268. The maximum Gasteiger partial charge on any atom is 0.228 e. The van der Waals surface area contributed by atoms with E-state index in [1.807, 2.05) is 31.3 Å². The summed E-state index contributed by atoms with van der Waals surface area (Å²) < 4.78 is 0. The Kier molecular flexibility index (Phi) is 4.82. The third-order valence-corrected chi connectivity index (χ3v) is 5.43. The van der Waals surface area contributed by atoms with Gasteiger partial charge in [-0.3, -0.25) is 4.79 Å². The van der Waals surface area contributed by atoms with E-state index in [2.05, 4.69) is 25.2 Å². The summed E-state index contributed by atoms with van der Waals surface area (Å²) in [5, 5.41) is 3.17. The Morgan fingerprint density at radius 1 is 1.15 bits per heavy atom. The molecule has 0 spiro atoms. The first-order valence-electron chi connectivity index (χ1n) is 9.50. The van der Waals surface area contributed by atoms with Gasteiger partial charge in [-0.2, -0.15) is 0 Å². The summed E-state index contributed by atoms with van der Waals surface area (Å²) in [5.41, 5.74) is 2.12. The van der Waals surface area contributed by atoms with E-state index in [4.69, 9.17) is 0 Å². The van der Waals surface area contributed by atoms with Crippen LogP contribution in [0.4, 0.5) is 11.8 Å². The second kappa shape index (κ2) is 7.40. The quantitative estimate of drug-likeness (QED) is 0.914. The highest BCUT2D eigenvalue weighted by Gasteiger charge is 2.32. The fraction of sp³-hybridized carbons (Fsp3) is 0.500. The van der Waals surface area contributed by atoms with Crippen LogP contribution in [0.1, 0.15) is 49.3 Å². The number of piperidine rings is 1. The Hall–Kier alpha value is -2.50. The molecule has 136 valence electrons. The Balaban J connectivity index is 1.45. The molecule has 1 saturated carbocycles. The number of aromatic nitrogens is 3. The molecule has 0 radical (unpaired) electrons. The molecule has 26 heavy (non-hydrogen) atoms. The number of anilines is 2. The van der Waals surface area contributed by atoms with Gasteiger partial charge in [0.05, 0.1) is 5.69 Å². The molecule has 1 atom stereocenters. The van der Waals surface area contributed by atoms with E-state index in [1.54, 1.807) is 6.20 Å². The second-order valence-corrected chi connectivity index (χ2v) is 7.40. The molecule has 0 unspecified atom stereocenters. The predicted molar refractivity (Wildman–Crippen MR) is 100 cm³/mol. The number of pyridine rings is 1. The van der Waals surface area contributed by atoms with Gasteiger partial charge in [0.2, 0.25) is 11.9 Å². The number of carbonyl (C=O) groups is 1. The van der Waals surface area contributed by atoms with Crippen molar-refractivity contribution in [1.82, 2.24) is 19.9 Å². The summed E-state index contributed by atoms with van der Waals surface area (Å²) >= 11 is 0. The van der Waals surface area contributed by atoms with Crippen molar-refractivity contribution in [3.63, 3.8) is 0 Å². The maximum atomic E-state index is 12.6. The van der Waals surface area contributed by atoms with Crippen molar-refractivity contribution < 1.29 is 4.79 Å². The monoisotopic (exact) mass is 351 g/mol. The van der Waals surface area contributed by atoms with Gasteiger partial charge in [-0.05, 0) is 50.3 Å². The zero-order chi connectivity index (χ0) is 17.9. The summed E-state index contributed by atoms with van der Waals surface area (Å²) in [7, 11) is 0. The van der Waals surface area contributed by atoms with E-state index < -0.39 is 0 Å². The number of nitrogens with zero attached hydrogens (tertiary/aromatic N) is 4. The number of amides is 1. The zero-order valence-corrected chi connectivity index (χ0v) is 15.2. The highest BCUT2D eigenvalue weighted by atomic mass is 16.2. The van der Waals surface area contributed by atoms with Gasteiger partial charge in [0.15, 0.2) is 0 Å². The van der Waals surface area contributed by atoms with Gasteiger partial charge in [0.25, 0.3) is 0 Å². The lowest BCUT2D eigenvalue weighted by molar-refractivity contribution is -0.139. The number of likely N-dealkylation sites (tertiary alicyclic amines) is 1. The van der Waals surface area contributed by atoms with Crippen molar-refractivity contribution in [2.75, 3.05) is 18.4 Å². The van der Waals surface area contributed by atoms with Crippen LogP contribution in [0.5, 0.6) is 0 Å². The van der Waals surface area contributed by atoms with Crippen LogP contribution in [0.15, 0.2) is 30.6 Å². The van der Waals surface area contributed by atoms with Crippen molar-refractivity contribution >= 4 is 17.7 Å². The fourth-order valence-corrected chi connectivity index (χ4v) is 3.65. The standard InChI is InChI=1S/C20H25N5O/c1-14-7-8-18(22-12-14)24-20-21-10-9-17(23-20)16-6-3-11-25(13-16)19(26)15-4-2-5-15/h7-10,12,15-16H,2-6,11,13H2,1H3,(H,21,22,23,24)/t16-/m1/s1. The van der Waals surface area contributed by atoms with E-state index in [0.29, 0.717) is 11.9 Å². The molecule has 1 aliphatic carbocycles. The lowest BCUT2D eigenvalue weighted by Crippen LogP contribution is -2.44. The van der Waals surface area contributed by atoms with Gasteiger partial charge < -0.3 is 10.2 Å². The zero-order valence-electron chi connectivity index (χ0n) is 15.2. The first kappa shape index (κ1) is 16.9. The molecule has 4 rings (SSSR count). The molecular weight excluding hydrogens is 326 g/mol. The number of hydrogen-bond acceptors (Lipinski definition) is 5. The van der Waals surface area contributed by atoms with E-state index in [-0.39, 0.29) is 11.8 Å². The Morgan fingerprint density at radius 3 is 2.77 bits per heavy atom. The van der Waals surface area contributed by atoms with Crippen LogP contribution in [0.3, 0.4) is 0 Å². The Labute approximate surface area is 154 Å². The summed E-state index contributed by atoms with van der Waals surface area (Å²) in [6.45, 7) is 3.66. The minimum absolute atomic E-state index is 0.268. The van der Waals surface area contributed by atoms with Gasteiger partial charge in [-0.1, -0.05) is 12.5 Å². The van der Waals surface area contributed by atoms with Gasteiger partial charge in [-0.25, -0.2) is 15.0 Å². The first-order chi connectivity index (χ1) is 12.7. The number of nitrogens with one attached hydrogen (secondary N) is 1. The number of rotatable bonds is 4. The average molecular weight is 351 g/mol. The van der Waals surface area contributed by atoms with Crippen LogP contribution >= 0.6 is 0 Å². The van der Waals surface area contributed by atoms with Crippen LogP contribution in [-0.4, -0.2) is 38.8 Å². The van der Waals surface area contributed by atoms with Gasteiger partial charge >= 0.3 is 0 Å². The molecule has 1 saturated heterocycles. The predicted octanol–water partition coefficient (Wildman–Crippen LogP) is 3.43. The Bertz CT molecular complexity index is 772. The van der Waals surface area contributed by atoms with Gasteiger partial charge in [0.1, 0.15) is 5.82 Å². The molecule has 6 nitrogen and oxygen atoms in total. The molecule has 1 amide bonds. The largest absolute Gasteiger partial charge is 0.342 e. The molecule has 6 heteroatoms. The summed E-state index contributed by atoms with van der Waals surface area (Å²) in [5.74, 6) is 2.18. The van der Waals surface area contributed by atoms with Crippen molar-refractivity contribution in [3.05, 3.63) is 41.9 Å². The molecule has 2 aliphatic rings. The van der Waals surface area contributed by atoms with Crippen LogP contribution in [0.2, 0.25) is 0 Å². The molecule has 0 aromatic carbocycles. The summed E-state index contributed by atoms with van der Waals surface area (Å²) in [6.07, 6.45) is 9.02. The molecule has 0 bridgehead atoms. The highest BCUT2D eigenvalue weighted by Crippen LogP contribution is 2.32. The average Bonchev–Trinajstić information content (AvgIpc) is 2.63. The Morgan fingerprint density at radius 2 is 2.04 bits per heavy atom. The topological polar surface area (TPSA) is 71.0 Å².